The normalized spacial score (nSPS) is 15.6. The maximum Gasteiger partial charge on any atom is 0.226 e. The van der Waals surface area contributed by atoms with Crippen molar-refractivity contribution in [1.82, 2.24) is 10.3 Å². The number of nitrogens with one attached hydrogen (secondary N) is 1. The maximum absolute atomic E-state index is 12.3. The molecule has 0 saturated carbocycles. The molecule has 5 heteroatoms. The van der Waals surface area contributed by atoms with Crippen LogP contribution in [0.5, 0.6) is 5.75 Å². The van der Waals surface area contributed by atoms with Crippen molar-refractivity contribution in [2.75, 3.05) is 6.61 Å². The number of carbonyl (C=O) groups excluding carboxylic acids is 1. The van der Waals surface area contributed by atoms with E-state index < -0.39 is 0 Å². The van der Waals surface area contributed by atoms with E-state index in [0.29, 0.717) is 18.2 Å². The lowest BCUT2D eigenvalue weighted by Gasteiger charge is -2.10. The third-order valence-corrected chi connectivity index (χ3v) is 3.95. The second kappa shape index (κ2) is 6.20. The molecule has 0 fully saturated rings. The average molecular weight is 320 g/mol. The van der Waals surface area contributed by atoms with E-state index in [9.17, 15) is 4.79 Å². The summed E-state index contributed by atoms with van der Waals surface area (Å²) in [6.45, 7) is 0.458. The summed E-state index contributed by atoms with van der Waals surface area (Å²) >= 11 is 0. The number of oxazole rings is 1. The van der Waals surface area contributed by atoms with Crippen LogP contribution in [0.3, 0.4) is 0 Å². The first kappa shape index (κ1) is 14.5. The highest BCUT2D eigenvalue weighted by Gasteiger charge is 2.25. The second-order valence-electron chi connectivity index (χ2n) is 5.66. The summed E-state index contributed by atoms with van der Waals surface area (Å²) in [7, 11) is 0. The van der Waals surface area contributed by atoms with Crippen molar-refractivity contribution < 1.29 is 13.9 Å². The Bertz CT molecular complexity index is 858. The Balaban J connectivity index is 1.42. The molecule has 5 nitrogen and oxygen atoms in total. The maximum atomic E-state index is 12.3. The van der Waals surface area contributed by atoms with Crippen molar-refractivity contribution in [2.45, 2.75) is 12.5 Å². The number of para-hydroxylation sites is 1. The highest BCUT2D eigenvalue weighted by Crippen LogP contribution is 2.31. The minimum Gasteiger partial charge on any atom is -0.491 e. The molecule has 0 spiro atoms. The number of nitrogens with zero attached hydrogens (tertiary/aromatic N) is 1. The number of carbonyl (C=O) groups is 1. The minimum atomic E-state index is -0.116. The Morgan fingerprint density at radius 2 is 1.92 bits per heavy atom. The number of amides is 1. The third kappa shape index (κ3) is 2.88. The van der Waals surface area contributed by atoms with Gasteiger partial charge in [0.05, 0.1) is 18.2 Å². The highest BCUT2D eigenvalue weighted by molar-refractivity contribution is 5.79. The number of hydrogen-bond donors (Lipinski definition) is 1. The summed E-state index contributed by atoms with van der Waals surface area (Å²) in [6.07, 6.45) is 1.70. The summed E-state index contributed by atoms with van der Waals surface area (Å²) < 4.78 is 11.0. The van der Waals surface area contributed by atoms with Gasteiger partial charge in [-0.25, -0.2) is 4.98 Å². The predicted molar refractivity (Wildman–Crippen MR) is 88.5 cm³/mol. The van der Waals surface area contributed by atoms with Crippen LogP contribution in [-0.2, 0) is 11.2 Å². The fourth-order valence-electron chi connectivity index (χ4n) is 2.79. The van der Waals surface area contributed by atoms with Crippen LogP contribution in [0, 0.1) is 0 Å². The van der Waals surface area contributed by atoms with E-state index in [0.717, 1.165) is 16.9 Å². The Morgan fingerprint density at radius 1 is 1.12 bits per heavy atom. The predicted octanol–water partition coefficient (Wildman–Crippen LogP) is 3.13. The molecule has 0 radical (unpaired) electrons. The van der Waals surface area contributed by atoms with E-state index >= 15 is 0 Å². The zero-order valence-corrected chi connectivity index (χ0v) is 12.9. The van der Waals surface area contributed by atoms with Crippen LogP contribution in [0.25, 0.3) is 11.5 Å². The van der Waals surface area contributed by atoms with Crippen LogP contribution in [0.4, 0.5) is 0 Å². The summed E-state index contributed by atoms with van der Waals surface area (Å²) in [6, 6.07) is 17.2. The van der Waals surface area contributed by atoms with Gasteiger partial charge in [-0.15, -0.1) is 0 Å². The molecule has 2 heterocycles. The molecule has 3 aromatic rings. The van der Waals surface area contributed by atoms with Gasteiger partial charge in [-0.05, 0) is 18.2 Å². The van der Waals surface area contributed by atoms with Gasteiger partial charge in [0.2, 0.25) is 11.8 Å². The topological polar surface area (TPSA) is 64.4 Å². The first-order chi connectivity index (χ1) is 11.8. The molecule has 0 saturated heterocycles. The number of ether oxygens (including phenoxy) is 1. The van der Waals surface area contributed by atoms with Crippen LogP contribution in [-0.4, -0.2) is 17.5 Å². The number of hydrogen-bond acceptors (Lipinski definition) is 4. The Hall–Kier alpha value is -3.08. The van der Waals surface area contributed by atoms with E-state index in [1.54, 1.807) is 0 Å². The Labute approximate surface area is 139 Å². The molecule has 4 rings (SSSR count). The fraction of sp³-hybridized carbons (Fsp3) is 0.158. The van der Waals surface area contributed by atoms with Crippen molar-refractivity contribution in [1.29, 1.82) is 0 Å². The van der Waals surface area contributed by atoms with E-state index in [1.165, 1.54) is 6.26 Å². The van der Waals surface area contributed by atoms with Gasteiger partial charge in [0, 0.05) is 11.1 Å². The first-order valence-electron chi connectivity index (χ1n) is 7.80. The first-order valence-corrected chi connectivity index (χ1v) is 7.80. The quantitative estimate of drug-likeness (QED) is 0.802. The smallest absolute Gasteiger partial charge is 0.226 e. The SMILES string of the molecule is O=C(Cc1coc(-c2ccccc2)n1)N[C@@H]1COc2ccccc21. The van der Waals surface area contributed by atoms with Crippen LogP contribution in [0.1, 0.15) is 17.3 Å². The van der Waals surface area contributed by atoms with Gasteiger partial charge < -0.3 is 14.5 Å². The number of benzene rings is 2. The fourth-order valence-corrected chi connectivity index (χ4v) is 2.79. The van der Waals surface area contributed by atoms with Crippen LogP contribution in [0.2, 0.25) is 0 Å². The van der Waals surface area contributed by atoms with Gasteiger partial charge in [0.1, 0.15) is 18.6 Å². The summed E-state index contributed by atoms with van der Waals surface area (Å²) in [5, 5.41) is 2.99. The van der Waals surface area contributed by atoms with Gasteiger partial charge in [-0.2, -0.15) is 0 Å². The van der Waals surface area contributed by atoms with E-state index in [2.05, 4.69) is 10.3 Å². The summed E-state index contributed by atoms with van der Waals surface area (Å²) in [5.74, 6) is 1.25. The second-order valence-corrected chi connectivity index (χ2v) is 5.66. The van der Waals surface area contributed by atoms with Crippen molar-refractivity contribution in [2.24, 2.45) is 0 Å². The minimum absolute atomic E-state index is 0.104. The molecule has 1 atom stereocenters. The average Bonchev–Trinajstić information content (AvgIpc) is 3.23. The summed E-state index contributed by atoms with van der Waals surface area (Å²) in [5.41, 5.74) is 2.51. The third-order valence-electron chi connectivity index (χ3n) is 3.95. The van der Waals surface area contributed by atoms with Gasteiger partial charge >= 0.3 is 0 Å². The van der Waals surface area contributed by atoms with E-state index in [1.807, 2.05) is 54.6 Å². The molecule has 24 heavy (non-hydrogen) atoms. The van der Waals surface area contributed by atoms with E-state index in [-0.39, 0.29) is 18.4 Å². The van der Waals surface area contributed by atoms with Gasteiger partial charge in [-0.1, -0.05) is 36.4 Å². The van der Waals surface area contributed by atoms with Crippen molar-refractivity contribution in [3.63, 3.8) is 0 Å². The van der Waals surface area contributed by atoms with Crippen LogP contribution < -0.4 is 10.1 Å². The van der Waals surface area contributed by atoms with E-state index in [4.69, 9.17) is 9.15 Å². The molecular weight excluding hydrogens is 304 g/mol. The molecule has 1 amide bonds. The lowest BCUT2D eigenvalue weighted by atomic mass is 10.1. The summed E-state index contributed by atoms with van der Waals surface area (Å²) in [4.78, 5) is 16.7. The molecule has 1 aliphatic rings. The lowest BCUT2D eigenvalue weighted by Crippen LogP contribution is -2.30. The van der Waals surface area contributed by atoms with Gasteiger partial charge in [0.25, 0.3) is 0 Å². The Kier molecular flexibility index (Phi) is 3.75. The van der Waals surface area contributed by atoms with Crippen LogP contribution in [0.15, 0.2) is 65.3 Å². The molecule has 120 valence electrons. The zero-order chi connectivity index (χ0) is 16.4. The molecular formula is C19H16N2O3. The largest absolute Gasteiger partial charge is 0.491 e. The molecule has 0 aliphatic carbocycles. The number of rotatable bonds is 4. The van der Waals surface area contributed by atoms with Crippen LogP contribution >= 0.6 is 0 Å². The van der Waals surface area contributed by atoms with Crippen molar-refractivity contribution in [3.05, 3.63) is 72.1 Å². The van der Waals surface area contributed by atoms with Crippen molar-refractivity contribution >= 4 is 5.91 Å². The van der Waals surface area contributed by atoms with Crippen molar-refractivity contribution in [3.8, 4) is 17.2 Å². The molecule has 1 aliphatic heterocycles. The highest BCUT2D eigenvalue weighted by atomic mass is 16.5. The number of fused-ring (bicyclic) bond motifs is 1. The molecule has 2 aromatic carbocycles. The molecule has 1 aromatic heterocycles. The molecule has 0 unspecified atom stereocenters. The van der Waals surface area contributed by atoms with Gasteiger partial charge in [-0.3, -0.25) is 4.79 Å². The number of aromatic nitrogens is 1. The molecule has 0 bridgehead atoms. The monoisotopic (exact) mass is 320 g/mol. The zero-order valence-electron chi connectivity index (χ0n) is 12.9. The van der Waals surface area contributed by atoms with Gasteiger partial charge in [0.15, 0.2) is 0 Å². The standard InChI is InChI=1S/C19H16N2O3/c22-18(21-16-12-23-17-9-5-4-8-15(16)17)10-14-11-24-19(20-14)13-6-2-1-3-7-13/h1-9,11,16H,10,12H2,(H,21,22)/t16-/m1/s1. The molecule has 1 N–H and O–H groups in total. The Morgan fingerprint density at radius 3 is 2.79 bits per heavy atom. The lowest BCUT2D eigenvalue weighted by molar-refractivity contribution is -0.121.